The number of rotatable bonds is 5. The summed E-state index contributed by atoms with van der Waals surface area (Å²) in [5, 5.41) is 10.0. The molecule has 0 aliphatic carbocycles. The molecular formula is C17H17ClN2O3. The van der Waals surface area contributed by atoms with Gasteiger partial charge >= 0.3 is 5.97 Å². The van der Waals surface area contributed by atoms with Crippen molar-refractivity contribution in [3.8, 4) is 5.75 Å². The molecule has 6 heteroatoms. The van der Waals surface area contributed by atoms with Crippen LogP contribution in [0, 0.1) is 0 Å². The Balaban J connectivity index is 1.68. The summed E-state index contributed by atoms with van der Waals surface area (Å²) >= 11 is 5.83. The van der Waals surface area contributed by atoms with Gasteiger partial charge in [0.05, 0.1) is 10.7 Å². The van der Waals surface area contributed by atoms with Crippen LogP contribution in [0.1, 0.15) is 12.1 Å². The van der Waals surface area contributed by atoms with Crippen molar-refractivity contribution in [2.45, 2.75) is 25.1 Å². The molecule has 3 rings (SSSR count). The minimum Gasteiger partial charge on any atom is -0.489 e. The van der Waals surface area contributed by atoms with Gasteiger partial charge in [0, 0.05) is 25.7 Å². The molecule has 2 atom stereocenters. The Bertz CT molecular complexity index is 663. The Hall–Kier alpha value is -2.11. The number of ether oxygens (including phenoxy) is 1. The van der Waals surface area contributed by atoms with Crippen molar-refractivity contribution in [2.24, 2.45) is 0 Å². The number of carboxylic acids is 1. The van der Waals surface area contributed by atoms with Crippen molar-refractivity contribution in [1.29, 1.82) is 0 Å². The topological polar surface area (TPSA) is 62.7 Å². The van der Waals surface area contributed by atoms with E-state index in [9.17, 15) is 9.90 Å². The number of halogens is 1. The van der Waals surface area contributed by atoms with Crippen molar-refractivity contribution >= 4 is 17.6 Å². The summed E-state index contributed by atoms with van der Waals surface area (Å²) in [6.45, 7) is 1.01. The second-order valence-corrected chi connectivity index (χ2v) is 5.98. The Morgan fingerprint density at radius 2 is 2.09 bits per heavy atom. The highest BCUT2D eigenvalue weighted by Gasteiger charge is 2.38. The number of benzene rings is 1. The molecule has 0 spiro atoms. The predicted octanol–water partition coefficient (Wildman–Crippen LogP) is 2.84. The van der Waals surface area contributed by atoms with Crippen LogP contribution in [0.5, 0.6) is 5.75 Å². The van der Waals surface area contributed by atoms with Gasteiger partial charge in [-0.1, -0.05) is 29.8 Å². The average molecular weight is 333 g/mol. The van der Waals surface area contributed by atoms with E-state index in [0.29, 0.717) is 24.5 Å². The molecule has 2 aromatic rings. The minimum atomic E-state index is -0.835. The van der Waals surface area contributed by atoms with Gasteiger partial charge in [0.2, 0.25) is 0 Å². The molecule has 120 valence electrons. The molecule has 1 fully saturated rings. The van der Waals surface area contributed by atoms with Crippen LogP contribution in [0.3, 0.4) is 0 Å². The lowest BCUT2D eigenvalue weighted by Gasteiger charge is -2.20. The lowest BCUT2D eigenvalue weighted by atomic mass is 10.2. The average Bonchev–Trinajstić information content (AvgIpc) is 2.93. The quantitative estimate of drug-likeness (QED) is 0.912. The van der Waals surface area contributed by atoms with Crippen molar-refractivity contribution in [2.75, 3.05) is 6.54 Å². The summed E-state index contributed by atoms with van der Waals surface area (Å²) in [5.74, 6) is -0.0776. The molecule has 1 aliphatic rings. The number of pyridine rings is 1. The van der Waals surface area contributed by atoms with Gasteiger partial charge < -0.3 is 9.84 Å². The van der Waals surface area contributed by atoms with Gasteiger partial charge in [-0.25, -0.2) is 0 Å². The summed E-state index contributed by atoms with van der Waals surface area (Å²) in [4.78, 5) is 17.6. The molecule has 0 unspecified atom stereocenters. The van der Waals surface area contributed by atoms with Crippen LogP contribution < -0.4 is 4.74 Å². The molecule has 2 heterocycles. The van der Waals surface area contributed by atoms with E-state index in [4.69, 9.17) is 16.3 Å². The Labute approximate surface area is 139 Å². The van der Waals surface area contributed by atoms with Crippen molar-refractivity contribution in [3.63, 3.8) is 0 Å². The monoisotopic (exact) mass is 332 g/mol. The van der Waals surface area contributed by atoms with Gasteiger partial charge in [-0.15, -0.1) is 0 Å². The fourth-order valence-corrected chi connectivity index (χ4v) is 2.89. The third kappa shape index (κ3) is 4.00. The van der Waals surface area contributed by atoms with E-state index in [1.54, 1.807) is 12.3 Å². The number of para-hydroxylation sites is 1. The third-order valence-electron chi connectivity index (χ3n) is 3.85. The zero-order valence-electron chi connectivity index (χ0n) is 12.4. The Morgan fingerprint density at radius 1 is 1.30 bits per heavy atom. The highest BCUT2D eigenvalue weighted by atomic mass is 35.5. The zero-order chi connectivity index (χ0) is 16.2. The first-order valence-corrected chi connectivity index (χ1v) is 7.78. The molecule has 0 bridgehead atoms. The van der Waals surface area contributed by atoms with Gasteiger partial charge in [0.15, 0.2) is 0 Å². The lowest BCUT2D eigenvalue weighted by molar-refractivity contribution is -0.142. The van der Waals surface area contributed by atoms with Crippen LogP contribution in [0.2, 0.25) is 5.02 Å². The van der Waals surface area contributed by atoms with Crippen molar-refractivity contribution < 1.29 is 14.6 Å². The predicted molar refractivity (Wildman–Crippen MR) is 86.6 cm³/mol. The van der Waals surface area contributed by atoms with Gasteiger partial charge in [0.1, 0.15) is 17.9 Å². The molecule has 23 heavy (non-hydrogen) atoms. The van der Waals surface area contributed by atoms with Crippen LogP contribution in [-0.2, 0) is 11.3 Å². The second kappa shape index (κ2) is 6.98. The number of nitrogens with zero attached hydrogens (tertiary/aromatic N) is 2. The first-order chi connectivity index (χ1) is 11.1. The number of carbonyl (C=O) groups is 1. The first kappa shape index (κ1) is 15.8. The highest BCUT2D eigenvalue weighted by molar-refractivity contribution is 6.30. The number of aromatic nitrogens is 1. The molecule has 1 aliphatic heterocycles. The maximum atomic E-state index is 11.5. The normalized spacial score (nSPS) is 21.3. The van der Waals surface area contributed by atoms with E-state index >= 15 is 0 Å². The van der Waals surface area contributed by atoms with E-state index in [1.165, 1.54) is 0 Å². The van der Waals surface area contributed by atoms with E-state index < -0.39 is 12.0 Å². The van der Waals surface area contributed by atoms with E-state index in [-0.39, 0.29) is 6.10 Å². The first-order valence-electron chi connectivity index (χ1n) is 7.41. The van der Waals surface area contributed by atoms with E-state index in [0.717, 1.165) is 11.4 Å². The molecule has 1 aromatic heterocycles. The molecule has 5 nitrogen and oxygen atoms in total. The number of likely N-dealkylation sites (tertiary alicyclic amines) is 1. The zero-order valence-corrected chi connectivity index (χ0v) is 13.2. The van der Waals surface area contributed by atoms with Crippen molar-refractivity contribution in [3.05, 3.63) is 59.4 Å². The molecule has 0 saturated carbocycles. The summed E-state index contributed by atoms with van der Waals surface area (Å²) in [5.41, 5.74) is 0.793. The summed E-state index contributed by atoms with van der Waals surface area (Å²) < 4.78 is 5.90. The molecule has 0 amide bonds. The highest BCUT2D eigenvalue weighted by Crippen LogP contribution is 2.24. The molecule has 1 aromatic carbocycles. The minimum absolute atomic E-state index is 0.147. The SMILES string of the molecule is O=C(O)[C@@H]1C[C@H](Oc2ccccc2)CN1Cc1ccc(Cl)cn1. The summed E-state index contributed by atoms with van der Waals surface area (Å²) in [6, 6.07) is 12.5. The van der Waals surface area contributed by atoms with E-state index in [1.807, 2.05) is 41.3 Å². The third-order valence-corrected chi connectivity index (χ3v) is 4.07. The Kier molecular flexibility index (Phi) is 4.79. The fourth-order valence-electron chi connectivity index (χ4n) is 2.78. The van der Waals surface area contributed by atoms with Gasteiger partial charge in [-0.2, -0.15) is 0 Å². The largest absolute Gasteiger partial charge is 0.489 e. The number of aliphatic carboxylic acids is 1. The van der Waals surface area contributed by atoms with Crippen LogP contribution in [0.25, 0.3) is 0 Å². The number of hydrogen-bond donors (Lipinski definition) is 1. The maximum absolute atomic E-state index is 11.5. The van der Waals surface area contributed by atoms with Crippen LogP contribution in [0.4, 0.5) is 0 Å². The van der Waals surface area contributed by atoms with Crippen LogP contribution >= 0.6 is 11.6 Å². The summed E-state index contributed by atoms with van der Waals surface area (Å²) in [6.07, 6.45) is 1.88. The standard InChI is InChI=1S/C17H17ClN2O3/c18-12-6-7-13(19-9-12)10-20-11-15(8-16(20)17(21)22)23-14-4-2-1-3-5-14/h1-7,9,15-16H,8,10-11H2,(H,21,22)/t15-,16-/m0/s1. The maximum Gasteiger partial charge on any atom is 0.321 e. The summed E-state index contributed by atoms with van der Waals surface area (Å²) in [7, 11) is 0. The van der Waals surface area contributed by atoms with Crippen LogP contribution in [-0.4, -0.2) is 39.7 Å². The van der Waals surface area contributed by atoms with Crippen LogP contribution in [0.15, 0.2) is 48.7 Å². The van der Waals surface area contributed by atoms with Gasteiger partial charge in [-0.3, -0.25) is 14.7 Å². The number of carboxylic acid groups (broad SMARTS) is 1. The van der Waals surface area contributed by atoms with Crippen molar-refractivity contribution in [1.82, 2.24) is 9.88 Å². The molecular weight excluding hydrogens is 316 g/mol. The fraction of sp³-hybridized carbons (Fsp3) is 0.294. The molecule has 1 saturated heterocycles. The van der Waals surface area contributed by atoms with E-state index in [2.05, 4.69) is 4.98 Å². The van der Waals surface area contributed by atoms with Gasteiger partial charge in [0.25, 0.3) is 0 Å². The second-order valence-electron chi connectivity index (χ2n) is 5.54. The smallest absolute Gasteiger partial charge is 0.321 e. The molecule has 0 radical (unpaired) electrons. The number of hydrogen-bond acceptors (Lipinski definition) is 4. The Morgan fingerprint density at radius 3 is 2.74 bits per heavy atom. The lowest BCUT2D eigenvalue weighted by Crippen LogP contribution is -2.35. The van der Waals surface area contributed by atoms with Gasteiger partial charge in [-0.05, 0) is 24.3 Å². The molecule has 1 N–H and O–H groups in total.